The number of nitrogens with zero attached hydrogens (tertiary/aromatic N) is 2. The number of ether oxygens (including phenoxy) is 2. The zero-order valence-electron chi connectivity index (χ0n) is 28.3. The van der Waals surface area contributed by atoms with Crippen molar-refractivity contribution in [2.75, 3.05) is 7.11 Å². The Bertz CT molecular complexity index is 2080. The van der Waals surface area contributed by atoms with E-state index in [0.29, 0.717) is 23.5 Å². The molecule has 5 heterocycles. The molecule has 0 aromatic carbocycles. The highest BCUT2D eigenvalue weighted by molar-refractivity contribution is 6.21. The van der Waals surface area contributed by atoms with E-state index in [1.54, 1.807) is 12.2 Å². The normalized spacial score (nSPS) is 27.5. The number of esters is 2. The molecule has 248 valence electrons. The fourth-order valence-corrected chi connectivity index (χ4v) is 7.36. The fraction of sp³-hybridized carbons (Fsp3) is 0.342. The number of hydrogen-bond donors (Lipinski definition) is 3. The zero-order valence-corrected chi connectivity index (χ0v) is 28.3. The molecule has 0 amide bonds. The quantitative estimate of drug-likeness (QED) is 0.391. The second-order valence-electron chi connectivity index (χ2n) is 13.0. The summed E-state index contributed by atoms with van der Waals surface area (Å²) in [7, 11) is 1.32. The Morgan fingerprint density at radius 3 is 2.42 bits per heavy atom. The van der Waals surface area contributed by atoms with E-state index in [4.69, 9.17) is 19.5 Å². The topological polar surface area (TPSA) is 142 Å². The molecular weight excluding hydrogens is 608 g/mol. The van der Waals surface area contributed by atoms with Crippen LogP contribution in [0.15, 0.2) is 92.1 Å². The monoisotopic (exact) mass is 648 g/mol. The lowest BCUT2D eigenvalue weighted by Crippen LogP contribution is -2.43. The molecular formula is C38H40N4O6. The molecule has 2 unspecified atom stereocenters. The van der Waals surface area contributed by atoms with Crippen molar-refractivity contribution in [2.45, 2.75) is 60.4 Å². The van der Waals surface area contributed by atoms with Crippen LogP contribution in [0.3, 0.4) is 0 Å². The molecule has 48 heavy (non-hydrogen) atoms. The van der Waals surface area contributed by atoms with Gasteiger partial charge in [0.2, 0.25) is 0 Å². The van der Waals surface area contributed by atoms with Gasteiger partial charge in [0.25, 0.3) is 0 Å². The van der Waals surface area contributed by atoms with Gasteiger partial charge in [-0.25, -0.2) is 4.99 Å². The lowest BCUT2D eigenvalue weighted by atomic mass is 9.65. The first kappa shape index (κ1) is 32.7. The number of carbonyl (C=O) groups excluding carboxylic acids is 2. The number of carboxylic acids is 1. The van der Waals surface area contributed by atoms with Crippen molar-refractivity contribution in [1.82, 2.24) is 10.3 Å². The van der Waals surface area contributed by atoms with Crippen LogP contribution in [0.4, 0.5) is 0 Å². The van der Waals surface area contributed by atoms with Crippen LogP contribution in [0.2, 0.25) is 0 Å². The Kier molecular flexibility index (Phi) is 8.23. The Labute approximate surface area is 279 Å². The molecule has 4 atom stereocenters. The third-order valence-electron chi connectivity index (χ3n) is 10.3. The maximum atomic E-state index is 13.5. The van der Waals surface area contributed by atoms with Crippen LogP contribution in [0.25, 0.3) is 12.2 Å². The Hall–Kier alpha value is -5.25. The van der Waals surface area contributed by atoms with Crippen LogP contribution in [-0.4, -0.2) is 52.6 Å². The number of fused-ring (bicyclic) bond motifs is 9. The maximum Gasteiger partial charge on any atom is 0.317 e. The molecule has 6 rings (SSSR count). The summed E-state index contributed by atoms with van der Waals surface area (Å²) in [6, 6.07) is -0.130. The summed E-state index contributed by atoms with van der Waals surface area (Å²) in [5, 5.41) is 14.9. The van der Waals surface area contributed by atoms with Gasteiger partial charge in [0.1, 0.15) is 11.7 Å². The van der Waals surface area contributed by atoms with E-state index in [9.17, 15) is 19.5 Å². The number of carbonyl (C=O) groups is 3. The Morgan fingerprint density at radius 2 is 1.77 bits per heavy atom. The molecule has 1 aromatic rings. The number of aliphatic carboxylic acids is 1. The summed E-state index contributed by atoms with van der Waals surface area (Å²) in [4.78, 5) is 51.0. The molecule has 0 saturated heterocycles. The summed E-state index contributed by atoms with van der Waals surface area (Å²) in [6.07, 6.45) is 13.7. The predicted octanol–water partition coefficient (Wildman–Crippen LogP) is 4.29. The minimum Gasteiger partial charge on any atom is -0.481 e. The SMILES string of the molecule is C=CC1=C(C)C2=N/C1=C\C1NC(=C(CCC(=O)O)C1C)/C=c1\[nH]c(c(C)c1C)=CC1=NC(=C2)C2=CC=C(OC(C)=O)[C@@H](C(=O)OC)[C@]21C. The van der Waals surface area contributed by atoms with Crippen LogP contribution in [0, 0.1) is 31.1 Å². The largest absolute Gasteiger partial charge is 0.481 e. The molecule has 4 aliphatic heterocycles. The minimum atomic E-state index is -1.05. The van der Waals surface area contributed by atoms with Crippen molar-refractivity contribution in [3.05, 3.63) is 104 Å². The molecule has 0 fully saturated rings. The zero-order chi connectivity index (χ0) is 34.7. The van der Waals surface area contributed by atoms with Crippen molar-refractivity contribution in [1.29, 1.82) is 0 Å². The van der Waals surface area contributed by atoms with Gasteiger partial charge in [-0.1, -0.05) is 25.7 Å². The van der Waals surface area contributed by atoms with Crippen LogP contribution in [-0.2, 0) is 23.9 Å². The average molecular weight is 649 g/mol. The maximum absolute atomic E-state index is 13.5. The Balaban J connectivity index is 1.66. The summed E-state index contributed by atoms with van der Waals surface area (Å²) < 4.78 is 10.9. The number of aliphatic imine (C=N–C) groups is 2. The standard InChI is InChI=1S/C38H40N4O6/c1-9-23-20(4)28-16-32-25-11-12-33(48-22(6)43)36(37(46)47-8)38(25,7)34(42-32)17-29-19(3)18(2)26(39-29)14-31-24(10-13-35(44)45)21(5)27(41-31)15-30(23)40-28/h9,11-12,14-17,21,27,36,39,41H,1,10,13H2,2-8H3,(H,44,45)/b26-14-,29-17?,30-15-,32-16?/t21?,27?,36-,38+/m0/s1. The number of allylic oxidation sites excluding steroid dienone is 7. The van der Waals surface area contributed by atoms with E-state index in [2.05, 4.69) is 29.9 Å². The second kappa shape index (κ2) is 12.1. The van der Waals surface area contributed by atoms with Crippen molar-refractivity contribution in [3.63, 3.8) is 0 Å². The first-order valence-corrected chi connectivity index (χ1v) is 16.0. The smallest absolute Gasteiger partial charge is 0.317 e. The molecule has 10 nitrogen and oxygen atoms in total. The summed E-state index contributed by atoms with van der Waals surface area (Å²) >= 11 is 0. The minimum absolute atomic E-state index is 0.0216. The number of rotatable bonds is 6. The van der Waals surface area contributed by atoms with Gasteiger partial charge in [-0.15, -0.1) is 0 Å². The molecule has 3 N–H and O–H groups in total. The van der Waals surface area contributed by atoms with Gasteiger partial charge in [-0.3, -0.25) is 19.4 Å². The van der Waals surface area contributed by atoms with Gasteiger partial charge in [-0.05, 0) is 92.3 Å². The van der Waals surface area contributed by atoms with Crippen molar-refractivity contribution in [3.8, 4) is 0 Å². The van der Waals surface area contributed by atoms with Gasteiger partial charge in [0.05, 0.1) is 41.4 Å². The summed E-state index contributed by atoms with van der Waals surface area (Å²) in [6.45, 7) is 15.4. The molecule has 0 spiro atoms. The van der Waals surface area contributed by atoms with E-state index in [0.717, 1.165) is 55.5 Å². The van der Waals surface area contributed by atoms with Gasteiger partial charge >= 0.3 is 17.9 Å². The number of aromatic nitrogens is 1. The molecule has 10 heteroatoms. The summed E-state index contributed by atoms with van der Waals surface area (Å²) in [5.74, 6) is -2.72. The van der Waals surface area contributed by atoms with Crippen molar-refractivity contribution < 1.29 is 29.0 Å². The van der Waals surface area contributed by atoms with Gasteiger partial charge in [-0.2, -0.15) is 0 Å². The highest BCUT2D eigenvalue weighted by Crippen LogP contribution is 2.52. The lowest BCUT2D eigenvalue weighted by molar-refractivity contribution is -0.149. The first-order chi connectivity index (χ1) is 22.8. The molecule has 1 aliphatic carbocycles. The number of nitrogens with one attached hydrogen (secondary N) is 2. The predicted molar refractivity (Wildman–Crippen MR) is 184 cm³/mol. The highest BCUT2D eigenvalue weighted by atomic mass is 16.5. The first-order valence-electron chi connectivity index (χ1n) is 16.0. The van der Waals surface area contributed by atoms with Crippen LogP contribution < -0.4 is 16.0 Å². The van der Waals surface area contributed by atoms with E-state index >= 15 is 0 Å². The average Bonchev–Trinajstić information content (AvgIpc) is 3.67. The number of aromatic amines is 1. The number of hydrogen-bond acceptors (Lipinski definition) is 8. The summed E-state index contributed by atoms with van der Waals surface area (Å²) in [5.41, 5.74) is 8.15. The van der Waals surface area contributed by atoms with Gasteiger partial charge < -0.3 is 24.9 Å². The molecule has 0 radical (unpaired) electrons. The van der Waals surface area contributed by atoms with E-state index < -0.39 is 29.2 Å². The third kappa shape index (κ3) is 5.25. The van der Waals surface area contributed by atoms with Crippen LogP contribution in [0.5, 0.6) is 0 Å². The number of carboxylic acid groups (broad SMARTS) is 1. The third-order valence-corrected chi connectivity index (χ3v) is 10.3. The molecule has 5 aliphatic rings. The van der Waals surface area contributed by atoms with Gasteiger partial charge in [0, 0.05) is 41.2 Å². The second-order valence-corrected chi connectivity index (χ2v) is 13.0. The van der Waals surface area contributed by atoms with Crippen LogP contribution in [0.1, 0.15) is 51.7 Å². The van der Waals surface area contributed by atoms with Crippen LogP contribution >= 0.6 is 0 Å². The fourth-order valence-electron chi connectivity index (χ4n) is 7.36. The van der Waals surface area contributed by atoms with Crippen molar-refractivity contribution in [2.24, 2.45) is 27.2 Å². The molecule has 1 aromatic heterocycles. The Morgan fingerprint density at radius 1 is 1.06 bits per heavy atom. The van der Waals surface area contributed by atoms with E-state index in [-0.39, 0.29) is 24.1 Å². The van der Waals surface area contributed by atoms with Crippen molar-refractivity contribution >= 4 is 41.5 Å². The number of H-pyrrole nitrogens is 1. The van der Waals surface area contributed by atoms with E-state index in [1.165, 1.54) is 14.0 Å². The molecule has 8 bridgehead atoms. The number of methoxy groups -OCH3 is 1. The van der Waals surface area contributed by atoms with Gasteiger partial charge in [0.15, 0.2) is 0 Å². The van der Waals surface area contributed by atoms with E-state index in [1.807, 2.05) is 52.0 Å². The lowest BCUT2D eigenvalue weighted by Gasteiger charge is -2.37. The highest BCUT2D eigenvalue weighted by Gasteiger charge is 2.54. The molecule has 0 saturated carbocycles.